The third kappa shape index (κ3) is 1.72. The number of hydrogen-bond acceptors (Lipinski definition) is 2. The van der Waals surface area contributed by atoms with Gasteiger partial charge in [0.25, 0.3) is 0 Å². The van der Waals surface area contributed by atoms with Crippen LogP contribution >= 0.6 is 0 Å². The van der Waals surface area contributed by atoms with Crippen LogP contribution in [-0.2, 0) is 0 Å². The number of nitrogens with zero attached hydrogens (tertiary/aromatic N) is 1. The summed E-state index contributed by atoms with van der Waals surface area (Å²) in [6, 6.07) is 8.93. The Hall–Kier alpha value is -1.31. The number of aryl methyl sites for hydroxylation is 1. The molecule has 0 fully saturated rings. The normalized spacial score (nSPS) is 21.1. The predicted molar refractivity (Wildman–Crippen MR) is 55.2 cm³/mol. The zero-order chi connectivity index (χ0) is 9.26. The van der Waals surface area contributed by atoms with Crippen LogP contribution in [0.1, 0.15) is 18.1 Å². The maximum Gasteiger partial charge on any atom is 0.128 e. The van der Waals surface area contributed by atoms with Crippen molar-refractivity contribution in [1.82, 2.24) is 5.32 Å². The molecule has 0 saturated carbocycles. The number of aliphatic imine (C=N–C) groups is 1. The zero-order valence-electron chi connectivity index (χ0n) is 8.04. The molecule has 1 aliphatic rings. The number of amidine groups is 1. The standard InChI is InChI=1S/C11H14N2/c1-8-3-5-10(6-4-8)11-12-7-9(2)13-11/h3-6,9H,7H2,1-2H3,(H,12,13). The van der Waals surface area contributed by atoms with E-state index in [2.05, 4.69) is 48.4 Å². The van der Waals surface area contributed by atoms with Gasteiger partial charge in [-0.15, -0.1) is 0 Å². The van der Waals surface area contributed by atoms with E-state index >= 15 is 0 Å². The first-order valence-corrected chi connectivity index (χ1v) is 4.64. The van der Waals surface area contributed by atoms with E-state index in [1.165, 1.54) is 11.1 Å². The second kappa shape index (κ2) is 3.21. The average molecular weight is 174 g/mol. The highest BCUT2D eigenvalue weighted by atomic mass is 15.1. The lowest BCUT2D eigenvalue weighted by Crippen LogP contribution is -2.27. The molecule has 2 rings (SSSR count). The molecule has 0 bridgehead atoms. The molecule has 1 aromatic rings. The Bertz CT molecular complexity index is 324. The predicted octanol–water partition coefficient (Wildman–Crippen LogP) is 1.73. The van der Waals surface area contributed by atoms with Gasteiger partial charge in [-0.3, -0.25) is 4.99 Å². The van der Waals surface area contributed by atoms with Crippen molar-refractivity contribution >= 4 is 5.84 Å². The summed E-state index contributed by atoms with van der Waals surface area (Å²) in [6.45, 7) is 5.13. The first kappa shape index (κ1) is 8.30. The lowest BCUT2D eigenvalue weighted by molar-refractivity contribution is 0.726. The average Bonchev–Trinajstić information content (AvgIpc) is 2.53. The summed E-state index contributed by atoms with van der Waals surface area (Å²) >= 11 is 0. The van der Waals surface area contributed by atoms with Gasteiger partial charge in [0.05, 0.1) is 6.54 Å². The maximum absolute atomic E-state index is 4.42. The minimum absolute atomic E-state index is 0.483. The largest absolute Gasteiger partial charge is 0.366 e. The van der Waals surface area contributed by atoms with Crippen LogP contribution in [0.3, 0.4) is 0 Å². The summed E-state index contributed by atoms with van der Waals surface area (Å²) in [5, 5.41) is 3.34. The van der Waals surface area contributed by atoms with Gasteiger partial charge in [-0.25, -0.2) is 0 Å². The second-order valence-corrected chi connectivity index (χ2v) is 3.60. The monoisotopic (exact) mass is 174 g/mol. The number of rotatable bonds is 1. The van der Waals surface area contributed by atoms with Crippen molar-refractivity contribution in [3.63, 3.8) is 0 Å². The zero-order valence-corrected chi connectivity index (χ0v) is 8.04. The molecule has 0 aromatic heterocycles. The molecule has 1 heterocycles. The van der Waals surface area contributed by atoms with Crippen LogP contribution in [0.25, 0.3) is 0 Å². The smallest absolute Gasteiger partial charge is 0.128 e. The molecular formula is C11H14N2. The van der Waals surface area contributed by atoms with E-state index in [0.717, 1.165) is 12.4 Å². The molecular weight excluding hydrogens is 160 g/mol. The molecule has 0 saturated heterocycles. The van der Waals surface area contributed by atoms with Crippen LogP contribution in [-0.4, -0.2) is 18.4 Å². The SMILES string of the molecule is Cc1ccc(C2=NCC(C)N2)cc1. The Kier molecular flexibility index (Phi) is 2.05. The summed E-state index contributed by atoms with van der Waals surface area (Å²) in [5.74, 6) is 1.03. The molecule has 13 heavy (non-hydrogen) atoms. The fourth-order valence-corrected chi connectivity index (χ4v) is 1.44. The third-order valence-electron chi connectivity index (χ3n) is 2.23. The van der Waals surface area contributed by atoms with Crippen molar-refractivity contribution in [2.24, 2.45) is 4.99 Å². The van der Waals surface area contributed by atoms with E-state index < -0.39 is 0 Å². The third-order valence-corrected chi connectivity index (χ3v) is 2.23. The van der Waals surface area contributed by atoms with Crippen molar-refractivity contribution in [2.75, 3.05) is 6.54 Å². The Balaban J connectivity index is 2.22. The van der Waals surface area contributed by atoms with Crippen LogP contribution in [0.15, 0.2) is 29.3 Å². The summed E-state index contributed by atoms with van der Waals surface area (Å²) in [6.07, 6.45) is 0. The van der Waals surface area contributed by atoms with Crippen LogP contribution in [0.2, 0.25) is 0 Å². The van der Waals surface area contributed by atoms with Gasteiger partial charge in [-0.05, 0) is 13.8 Å². The molecule has 1 aliphatic heterocycles. The van der Waals surface area contributed by atoms with E-state index in [9.17, 15) is 0 Å². The highest BCUT2D eigenvalue weighted by Gasteiger charge is 2.13. The number of hydrogen-bond donors (Lipinski definition) is 1. The molecule has 1 atom stereocenters. The molecule has 0 amide bonds. The number of nitrogens with one attached hydrogen (secondary N) is 1. The van der Waals surface area contributed by atoms with Crippen LogP contribution in [0.5, 0.6) is 0 Å². The molecule has 2 nitrogen and oxygen atoms in total. The first-order valence-electron chi connectivity index (χ1n) is 4.64. The lowest BCUT2D eigenvalue weighted by atomic mass is 10.1. The van der Waals surface area contributed by atoms with Gasteiger partial charge in [0, 0.05) is 11.6 Å². The van der Waals surface area contributed by atoms with Gasteiger partial charge >= 0.3 is 0 Å². The van der Waals surface area contributed by atoms with E-state index in [-0.39, 0.29) is 0 Å². The Labute approximate surface area is 78.7 Å². The quantitative estimate of drug-likeness (QED) is 0.689. The topological polar surface area (TPSA) is 24.4 Å². The fraction of sp³-hybridized carbons (Fsp3) is 0.364. The molecule has 68 valence electrons. The van der Waals surface area contributed by atoms with Crippen LogP contribution < -0.4 is 5.32 Å². The van der Waals surface area contributed by atoms with Crippen molar-refractivity contribution in [2.45, 2.75) is 19.9 Å². The molecule has 0 radical (unpaired) electrons. The van der Waals surface area contributed by atoms with Crippen molar-refractivity contribution in [3.05, 3.63) is 35.4 Å². The second-order valence-electron chi connectivity index (χ2n) is 3.60. The van der Waals surface area contributed by atoms with Gasteiger partial charge in [-0.1, -0.05) is 29.8 Å². The van der Waals surface area contributed by atoms with E-state index in [1.807, 2.05) is 0 Å². The lowest BCUT2D eigenvalue weighted by Gasteiger charge is -2.05. The Morgan fingerprint density at radius 2 is 2.00 bits per heavy atom. The van der Waals surface area contributed by atoms with Crippen molar-refractivity contribution in [3.8, 4) is 0 Å². The van der Waals surface area contributed by atoms with E-state index in [1.54, 1.807) is 0 Å². The first-order chi connectivity index (χ1) is 6.25. The van der Waals surface area contributed by atoms with E-state index in [0.29, 0.717) is 6.04 Å². The van der Waals surface area contributed by atoms with Gasteiger partial charge in [0.1, 0.15) is 5.84 Å². The summed E-state index contributed by atoms with van der Waals surface area (Å²) in [4.78, 5) is 4.42. The van der Waals surface area contributed by atoms with Gasteiger partial charge in [-0.2, -0.15) is 0 Å². The molecule has 1 aromatic carbocycles. The minimum atomic E-state index is 0.483. The highest BCUT2D eigenvalue weighted by molar-refractivity contribution is 6.00. The van der Waals surface area contributed by atoms with Crippen molar-refractivity contribution in [1.29, 1.82) is 0 Å². The van der Waals surface area contributed by atoms with E-state index in [4.69, 9.17) is 0 Å². The van der Waals surface area contributed by atoms with Gasteiger partial charge in [0.15, 0.2) is 0 Å². The summed E-state index contributed by atoms with van der Waals surface area (Å²) in [5.41, 5.74) is 2.48. The minimum Gasteiger partial charge on any atom is -0.366 e. The fourth-order valence-electron chi connectivity index (χ4n) is 1.44. The number of benzene rings is 1. The molecule has 0 aliphatic carbocycles. The molecule has 2 heteroatoms. The maximum atomic E-state index is 4.42. The van der Waals surface area contributed by atoms with Crippen LogP contribution in [0.4, 0.5) is 0 Å². The summed E-state index contributed by atoms with van der Waals surface area (Å²) in [7, 11) is 0. The molecule has 1 N–H and O–H groups in total. The Morgan fingerprint density at radius 1 is 1.31 bits per heavy atom. The highest BCUT2D eigenvalue weighted by Crippen LogP contribution is 2.07. The van der Waals surface area contributed by atoms with Gasteiger partial charge in [0.2, 0.25) is 0 Å². The van der Waals surface area contributed by atoms with Gasteiger partial charge < -0.3 is 5.32 Å². The van der Waals surface area contributed by atoms with Crippen LogP contribution in [0, 0.1) is 6.92 Å². The van der Waals surface area contributed by atoms with Crippen molar-refractivity contribution < 1.29 is 0 Å². The molecule has 1 unspecified atom stereocenters. The Morgan fingerprint density at radius 3 is 2.54 bits per heavy atom. The summed E-state index contributed by atoms with van der Waals surface area (Å²) < 4.78 is 0. The molecule has 0 spiro atoms.